The van der Waals surface area contributed by atoms with Gasteiger partial charge in [0.05, 0.1) is 5.56 Å². The monoisotopic (exact) mass is 419 g/mol. The molecule has 0 unspecified atom stereocenters. The Balaban J connectivity index is 1.45. The van der Waals surface area contributed by atoms with Gasteiger partial charge in [-0.15, -0.1) is 16.4 Å². The Morgan fingerprint density at radius 2 is 1.97 bits per heavy atom. The lowest BCUT2D eigenvalue weighted by Gasteiger charge is -2.08. The fraction of sp³-hybridized carbons (Fsp3) is 0.190. The summed E-state index contributed by atoms with van der Waals surface area (Å²) in [6, 6.07) is 8.54. The molecule has 30 heavy (non-hydrogen) atoms. The Bertz CT molecular complexity index is 1340. The Morgan fingerprint density at radius 3 is 2.77 bits per heavy atom. The van der Waals surface area contributed by atoms with Crippen LogP contribution in [0.15, 0.2) is 53.7 Å². The van der Waals surface area contributed by atoms with Crippen LogP contribution in [0.25, 0.3) is 5.65 Å². The minimum atomic E-state index is -0.399. The first-order valence-corrected chi connectivity index (χ1v) is 10.4. The Morgan fingerprint density at radius 1 is 1.13 bits per heavy atom. The molecule has 0 saturated heterocycles. The predicted molar refractivity (Wildman–Crippen MR) is 112 cm³/mol. The SMILES string of the molecule is O=C(Cn1nc2ccccn2c1=O)Nc1sc2c(c1C(=O)c1ccncc1)CCC2. The summed E-state index contributed by atoms with van der Waals surface area (Å²) in [5, 5.41) is 7.56. The van der Waals surface area contributed by atoms with E-state index >= 15 is 0 Å². The molecule has 8 nitrogen and oxygen atoms in total. The van der Waals surface area contributed by atoms with Gasteiger partial charge in [-0.2, -0.15) is 0 Å². The second kappa shape index (κ2) is 7.34. The lowest BCUT2D eigenvalue weighted by atomic mass is 10.0. The van der Waals surface area contributed by atoms with Crippen molar-refractivity contribution in [1.29, 1.82) is 0 Å². The maximum atomic E-state index is 13.2. The molecule has 1 N–H and O–H groups in total. The van der Waals surface area contributed by atoms with Gasteiger partial charge < -0.3 is 5.32 Å². The highest BCUT2D eigenvalue weighted by Gasteiger charge is 2.28. The molecule has 1 aliphatic carbocycles. The molecule has 0 spiro atoms. The molecule has 5 rings (SSSR count). The molecule has 0 saturated carbocycles. The van der Waals surface area contributed by atoms with E-state index in [0.29, 0.717) is 21.8 Å². The molecule has 150 valence electrons. The van der Waals surface area contributed by atoms with E-state index < -0.39 is 5.91 Å². The van der Waals surface area contributed by atoms with Crippen LogP contribution < -0.4 is 11.0 Å². The average Bonchev–Trinajstić information content (AvgIpc) is 3.42. The summed E-state index contributed by atoms with van der Waals surface area (Å²) in [4.78, 5) is 43.4. The van der Waals surface area contributed by atoms with E-state index in [2.05, 4.69) is 15.4 Å². The number of ketones is 1. The third kappa shape index (κ3) is 3.13. The van der Waals surface area contributed by atoms with Gasteiger partial charge in [0.1, 0.15) is 11.5 Å². The zero-order valence-corrected chi connectivity index (χ0v) is 16.7. The van der Waals surface area contributed by atoms with Gasteiger partial charge in [0, 0.05) is 29.0 Å². The summed E-state index contributed by atoms with van der Waals surface area (Å²) in [7, 11) is 0. The molecule has 0 radical (unpaired) electrons. The molecule has 4 heterocycles. The van der Waals surface area contributed by atoms with Crippen molar-refractivity contribution in [3.8, 4) is 0 Å². The van der Waals surface area contributed by atoms with Crippen LogP contribution in [0.1, 0.15) is 32.8 Å². The lowest BCUT2D eigenvalue weighted by Crippen LogP contribution is -2.28. The Hall–Kier alpha value is -3.59. The minimum absolute atomic E-state index is 0.128. The van der Waals surface area contributed by atoms with Crippen LogP contribution in [-0.2, 0) is 24.2 Å². The number of hydrogen-bond acceptors (Lipinski definition) is 6. The summed E-state index contributed by atoms with van der Waals surface area (Å²) in [5.41, 5.74) is 2.18. The second-order valence-electron chi connectivity index (χ2n) is 7.04. The molecule has 0 fully saturated rings. The van der Waals surface area contributed by atoms with Gasteiger partial charge in [0.2, 0.25) is 5.91 Å². The number of nitrogens with zero attached hydrogens (tertiary/aromatic N) is 4. The highest BCUT2D eigenvalue weighted by molar-refractivity contribution is 7.17. The number of carbonyl (C=O) groups is 2. The number of thiophene rings is 1. The van der Waals surface area contributed by atoms with Crippen molar-refractivity contribution in [2.45, 2.75) is 25.8 Å². The van der Waals surface area contributed by atoms with Crippen molar-refractivity contribution in [1.82, 2.24) is 19.2 Å². The summed E-state index contributed by atoms with van der Waals surface area (Å²) >= 11 is 1.44. The maximum absolute atomic E-state index is 13.2. The van der Waals surface area contributed by atoms with Gasteiger partial charge >= 0.3 is 5.69 Å². The number of fused-ring (bicyclic) bond motifs is 2. The number of rotatable bonds is 5. The normalized spacial score (nSPS) is 12.8. The highest BCUT2D eigenvalue weighted by Crippen LogP contribution is 2.40. The lowest BCUT2D eigenvalue weighted by molar-refractivity contribution is -0.116. The van der Waals surface area contributed by atoms with Gasteiger partial charge in [-0.1, -0.05) is 6.07 Å². The number of carbonyl (C=O) groups excluding carboxylic acids is 2. The molecule has 0 aromatic carbocycles. The first-order chi connectivity index (χ1) is 14.6. The van der Waals surface area contributed by atoms with E-state index in [-0.39, 0.29) is 18.0 Å². The van der Waals surface area contributed by atoms with Gasteiger partial charge in [-0.05, 0) is 49.1 Å². The van der Waals surface area contributed by atoms with E-state index in [1.807, 2.05) is 0 Å². The number of anilines is 1. The first kappa shape index (κ1) is 18.4. The third-order valence-corrected chi connectivity index (χ3v) is 6.33. The quantitative estimate of drug-likeness (QED) is 0.501. The van der Waals surface area contributed by atoms with Crippen LogP contribution in [0, 0.1) is 0 Å². The molecule has 0 atom stereocenters. The average molecular weight is 419 g/mol. The number of amides is 1. The minimum Gasteiger partial charge on any atom is -0.315 e. The fourth-order valence-electron chi connectivity index (χ4n) is 3.75. The molecule has 1 aliphatic rings. The third-order valence-electron chi connectivity index (χ3n) is 5.13. The van der Waals surface area contributed by atoms with Crippen molar-refractivity contribution < 1.29 is 9.59 Å². The van der Waals surface area contributed by atoms with Gasteiger partial charge in [0.25, 0.3) is 0 Å². The fourth-order valence-corrected chi connectivity index (χ4v) is 5.06. The standard InChI is InChI=1S/C21H17N5O3S/c27-17(12-26-21(29)25-11-2-1-6-16(25)24-26)23-20-18(14-4-3-5-15(14)30-20)19(28)13-7-9-22-10-8-13/h1-2,6-11H,3-5,12H2,(H,23,27). The summed E-state index contributed by atoms with van der Waals surface area (Å²) in [6.45, 7) is -0.230. The van der Waals surface area contributed by atoms with Crippen LogP contribution in [0.5, 0.6) is 0 Å². The molecule has 0 bridgehead atoms. The Labute approximate surface area is 174 Å². The predicted octanol–water partition coefficient (Wildman–Crippen LogP) is 2.31. The van der Waals surface area contributed by atoms with Crippen LogP contribution in [-0.4, -0.2) is 30.9 Å². The number of aryl methyl sites for hydroxylation is 1. The van der Waals surface area contributed by atoms with Gasteiger partial charge in [-0.3, -0.25) is 19.0 Å². The summed E-state index contributed by atoms with van der Waals surface area (Å²) < 4.78 is 2.50. The van der Waals surface area contributed by atoms with Crippen LogP contribution >= 0.6 is 11.3 Å². The van der Waals surface area contributed by atoms with E-state index in [0.717, 1.165) is 34.4 Å². The summed E-state index contributed by atoms with van der Waals surface area (Å²) in [6.07, 6.45) is 7.48. The highest BCUT2D eigenvalue weighted by atomic mass is 32.1. The second-order valence-corrected chi connectivity index (χ2v) is 8.15. The van der Waals surface area contributed by atoms with Crippen molar-refractivity contribution in [3.05, 3.63) is 81.0 Å². The topological polar surface area (TPSA) is 98.4 Å². The van der Waals surface area contributed by atoms with Crippen LogP contribution in [0.3, 0.4) is 0 Å². The van der Waals surface area contributed by atoms with E-state index in [1.54, 1.807) is 48.9 Å². The molecule has 1 amide bonds. The van der Waals surface area contributed by atoms with Crippen molar-refractivity contribution in [3.63, 3.8) is 0 Å². The summed E-state index contributed by atoms with van der Waals surface area (Å²) in [5.74, 6) is -0.527. The number of hydrogen-bond donors (Lipinski definition) is 1. The molecule has 0 aliphatic heterocycles. The molecular formula is C21H17N5O3S. The van der Waals surface area contributed by atoms with Gasteiger partial charge in [-0.25, -0.2) is 9.48 Å². The zero-order valence-electron chi connectivity index (χ0n) is 15.9. The van der Waals surface area contributed by atoms with Gasteiger partial charge in [0.15, 0.2) is 11.4 Å². The largest absolute Gasteiger partial charge is 0.350 e. The van der Waals surface area contributed by atoms with E-state index in [9.17, 15) is 14.4 Å². The van der Waals surface area contributed by atoms with E-state index in [1.165, 1.54) is 15.7 Å². The smallest absolute Gasteiger partial charge is 0.315 e. The van der Waals surface area contributed by atoms with Crippen LogP contribution in [0.2, 0.25) is 0 Å². The molecule has 9 heteroatoms. The zero-order chi connectivity index (χ0) is 20.7. The number of pyridine rings is 2. The first-order valence-electron chi connectivity index (χ1n) is 9.55. The molecule has 4 aromatic rings. The van der Waals surface area contributed by atoms with Crippen LogP contribution in [0.4, 0.5) is 5.00 Å². The molecule has 4 aromatic heterocycles. The number of aromatic nitrogens is 4. The van der Waals surface area contributed by atoms with Crippen molar-refractivity contribution in [2.75, 3.05) is 5.32 Å². The van der Waals surface area contributed by atoms with Crippen molar-refractivity contribution >= 4 is 33.7 Å². The number of nitrogens with one attached hydrogen (secondary N) is 1. The Kier molecular flexibility index (Phi) is 4.51. The van der Waals surface area contributed by atoms with Crippen molar-refractivity contribution in [2.24, 2.45) is 0 Å². The van der Waals surface area contributed by atoms with E-state index in [4.69, 9.17) is 0 Å². The molecular weight excluding hydrogens is 402 g/mol. The maximum Gasteiger partial charge on any atom is 0.350 e.